The molecule has 1 rings (SSSR count). The second-order valence-corrected chi connectivity index (χ2v) is 1.75. The highest BCUT2D eigenvalue weighted by molar-refractivity contribution is 5.85. The molecule has 0 aliphatic rings. The van der Waals surface area contributed by atoms with E-state index in [1.54, 1.807) is 6.07 Å². The minimum Gasteiger partial charge on any atom is -0.477 e. The Kier molecular flexibility index (Phi) is 3.33. The number of nitrogens with zero attached hydrogens (tertiary/aromatic N) is 1. The number of carboxylic acids is 1. The third-order valence-electron chi connectivity index (χ3n) is 0.990. The van der Waals surface area contributed by atoms with Crippen molar-refractivity contribution < 1.29 is 9.90 Å². The van der Waals surface area contributed by atoms with Crippen molar-refractivity contribution in [3.8, 4) is 0 Å². The van der Waals surface area contributed by atoms with Crippen LogP contribution in [0.3, 0.4) is 0 Å². The zero-order valence-electron chi connectivity index (χ0n) is 5.52. The molecule has 0 aromatic carbocycles. The van der Waals surface area contributed by atoms with Crippen molar-refractivity contribution in [2.75, 3.05) is 5.73 Å². The number of nitrogen functional groups attached to an aromatic ring is 1. The third-order valence-corrected chi connectivity index (χ3v) is 0.990. The van der Waals surface area contributed by atoms with Crippen molar-refractivity contribution in [2.24, 2.45) is 0 Å². The van der Waals surface area contributed by atoms with Crippen LogP contribution < -0.4 is 5.73 Å². The Morgan fingerprint density at radius 1 is 1.55 bits per heavy atom. The molecule has 11 heavy (non-hydrogen) atoms. The predicted molar refractivity (Wildman–Crippen MR) is 42.9 cm³/mol. The average molecular weight is 175 g/mol. The van der Waals surface area contributed by atoms with Gasteiger partial charge >= 0.3 is 5.97 Å². The number of aromatic nitrogens is 1. The number of carboxylic acid groups (broad SMARTS) is 1. The normalized spacial score (nSPS) is 8.36. The van der Waals surface area contributed by atoms with Gasteiger partial charge in [-0.1, -0.05) is 6.07 Å². The van der Waals surface area contributed by atoms with E-state index in [0.717, 1.165) is 0 Å². The molecule has 0 atom stereocenters. The molecule has 0 amide bonds. The monoisotopic (exact) mass is 174 g/mol. The minimum atomic E-state index is -1.06. The summed E-state index contributed by atoms with van der Waals surface area (Å²) >= 11 is 0. The van der Waals surface area contributed by atoms with Crippen molar-refractivity contribution in [3.05, 3.63) is 23.9 Å². The molecule has 0 spiro atoms. The summed E-state index contributed by atoms with van der Waals surface area (Å²) in [7, 11) is 0. The highest BCUT2D eigenvalue weighted by Crippen LogP contribution is 1.98. The van der Waals surface area contributed by atoms with Crippen LogP contribution in [0.1, 0.15) is 10.5 Å². The molecular weight excluding hydrogens is 168 g/mol. The van der Waals surface area contributed by atoms with E-state index in [9.17, 15) is 4.79 Å². The summed E-state index contributed by atoms with van der Waals surface area (Å²) in [5, 5.41) is 8.39. The van der Waals surface area contributed by atoms with E-state index < -0.39 is 5.97 Å². The first-order valence-corrected chi connectivity index (χ1v) is 2.66. The van der Waals surface area contributed by atoms with Gasteiger partial charge < -0.3 is 10.8 Å². The molecule has 0 radical (unpaired) electrons. The molecular formula is C6H7ClN2O2. The summed E-state index contributed by atoms with van der Waals surface area (Å²) < 4.78 is 0. The lowest BCUT2D eigenvalue weighted by Gasteiger charge is -1.92. The lowest BCUT2D eigenvalue weighted by atomic mass is 10.3. The number of pyridine rings is 1. The molecule has 4 nitrogen and oxygen atoms in total. The lowest BCUT2D eigenvalue weighted by molar-refractivity contribution is 0.0690. The molecule has 0 saturated carbocycles. The van der Waals surface area contributed by atoms with Gasteiger partial charge in [0.2, 0.25) is 0 Å². The summed E-state index contributed by atoms with van der Waals surface area (Å²) in [5.41, 5.74) is 5.19. The second-order valence-electron chi connectivity index (χ2n) is 1.75. The molecule has 1 heterocycles. The fourth-order valence-electron chi connectivity index (χ4n) is 0.571. The van der Waals surface area contributed by atoms with Crippen LogP contribution in [0.25, 0.3) is 0 Å². The molecule has 0 aliphatic heterocycles. The molecule has 3 N–H and O–H groups in total. The topological polar surface area (TPSA) is 76.2 Å². The summed E-state index contributed by atoms with van der Waals surface area (Å²) in [6.45, 7) is 0. The van der Waals surface area contributed by atoms with Crippen molar-refractivity contribution in [2.45, 2.75) is 0 Å². The van der Waals surface area contributed by atoms with E-state index in [1.807, 2.05) is 0 Å². The second kappa shape index (κ2) is 3.78. The average Bonchev–Trinajstić information content (AvgIpc) is 1.88. The van der Waals surface area contributed by atoms with Crippen LogP contribution in [0.4, 0.5) is 5.82 Å². The van der Waals surface area contributed by atoms with Crippen LogP contribution in [0.2, 0.25) is 0 Å². The van der Waals surface area contributed by atoms with E-state index in [0.29, 0.717) is 0 Å². The summed E-state index contributed by atoms with van der Waals surface area (Å²) in [5.74, 6) is -0.841. The summed E-state index contributed by atoms with van der Waals surface area (Å²) in [6, 6.07) is 4.47. The van der Waals surface area contributed by atoms with Crippen molar-refractivity contribution >= 4 is 24.2 Å². The van der Waals surface area contributed by atoms with Crippen LogP contribution in [0, 0.1) is 0 Å². The quantitative estimate of drug-likeness (QED) is 0.660. The maximum Gasteiger partial charge on any atom is 0.354 e. The van der Waals surface area contributed by atoms with Gasteiger partial charge in [-0.15, -0.1) is 12.4 Å². The van der Waals surface area contributed by atoms with Crippen molar-refractivity contribution in [1.82, 2.24) is 4.98 Å². The largest absolute Gasteiger partial charge is 0.477 e. The van der Waals surface area contributed by atoms with Gasteiger partial charge in [-0.05, 0) is 12.1 Å². The number of rotatable bonds is 1. The van der Waals surface area contributed by atoms with Gasteiger partial charge in [-0.25, -0.2) is 9.78 Å². The number of halogens is 1. The Labute approximate surface area is 69.5 Å². The Bertz CT molecular complexity index is 265. The third kappa shape index (κ3) is 2.43. The molecule has 1 aromatic heterocycles. The van der Waals surface area contributed by atoms with E-state index in [4.69, 9.17) is 10.8 Å². The Morgan fingerprint density at radius 2 is 2.18 bits per heavy atom. The molecule has 0 saturated heterocycles. The van der Waals surface area contributed by atoms with Crippen LogP contribution in [-0.4, -0.2) is 16.1 Å². The fraction of sp³-hybridized carbons (Fsp3) is 0. The van der Waals surface area contributed by atoms with Gasteiger partial charge in [0, 0.05) is 0 Å². The first-order valence-electron chi connectivity index (χ1n) is 2.66. The first-order chi connectivity index (χ1) is 4.70. The zero-order chi connectivity index (χ0) is 7.56. The fourth-order valence-corrected chi connectivity index (χ4v) is 0.571. The van der Waals surface area contributed by atoms with E-state index in [-0.39, 0.29) is 23.9 Å². The Morgan fingerprint density at radius 3 is 2.55 bits per heavy atom. The number of carbonyl (C=O) groups is 1. The molecule has 60 valence electrons. The first kappa shape index (κ1) is 9.71. The molecule has 1 aromatic rings. The van der Waals surface area contributed by atoms with Crippen molar-refractivity contribution in [3.63, 3.8) is 0 Å². The zero-order valence-corrected chi connectivity index (χ0v) is 6.34. The highest BCUT2D eigenvalue weighted by atomic mass is 35.5. The highest BCUT2D eigenvalue weighted by Gasteiger charge is 2.01. The smallest absolute Gasteiger partial charge is 0.354 e. The van der Waals surface area contributed by atoms with Gasteiger partial charge in [0.05, 0.1) is 0 Å². The molecule has 0 bridgehead atoms. The maximum absolute atomic E-state index is 10.2. The van der Waals surface area contributed by atoms with Gasteiger partial charge in [-0.3, -0.25) is 0 Å². The van der Waals surface area contributed by atoms with E-state index in [2.05, 4.69) is 4.98 Å². The Balaban J connectivity index is 0.000001000. The van der Waals surface area contributed by atoms with Crippen LogP contribution in [-0.2, 0) is 0 Å². The summed E-state index contributed by atoms with van der Waals surface area (Å²) in [6.07, 6.45) is 0. The van der Waals surface area contributed by atoms with Crippen LogP contribution in [0.5, 0.6) is 0 Å². The molecule has 0 unspecified atom stereocenters. The standard InChI is InChI=1S/C6H6N2O2.ClH/c7-5-3-1-2-4(8-5)6(9)10;/h1-3H,(H2,7,8)(H,9,10);1H. The number of nitrogens with two attached hydrogens (primary N) is 1. The number of hydrogen-bond donors (Lipinski definition) is 2. The minimum absolute atomic E-state index is 0. The van der Waals surface area contributed by atoms with E-state index >= 15 is 0 Å². The SMILES string of the molecule is Cl.Nc1cccc(C(=O)O)n1. The summed E-state index contributed by atoms with van der Waals surface area (Å²) in [4.78, 5) is 13.8. The molecule has 0 fully saturated rings. The van der Waals surface area contributed by atoms with Gasteiger partial charge in [0.1, 0.15) is 5.82 Å². The number of aromatic carboxylic acids is 1. The van der Waals surface area contributed by atoms with E-state index in [1.165, 1.54) is 12.1 Å². The number of anilines is 1. The maximum atomic E-state index is 10.2. The van der Waals surface area contributed by atoms with Gasteiger partial charge in [0.15, 0.2) is 5.69 Å². The van der Waals surface area contributed by atoms with Crippen LogP contribution in [0.15, 0.2) is 18.2 Å². The molecule has 0 aliphatic carbocycles. The van der Waals surface area contributed by atoms with Crippen LogP contribution >= 0.6 is 12.4 Å². The van der Waals surface area contributed by atoms with Crippen molar-refractivity contribution in [1.29, 1.82) is 0 Å². The van der Waals surface area contributed by atoms with Gasteiger partial charge in [0.25, 0.3) is 0 Å². The predicted octanol–water partition coefficient (Wildman–Crippen LogP) is 0.784. The molecule has 5 heteroatoms. The van der Waals surface area contributed by atoms with Gasteiger partial charge in [-0.2, -0.15) is 0 Å². The Hall–Kier alpha value is -1.29. The lowest BCUT2D eigenvalue weighted by Crippen LogP contribution is -2.01. The number of hydrogen-bond acceptors (Lipinski definition) is 3.